The summed E-state index contributed by atoms with van der Waals surface area (Å²) in [7, 11) is 0. The molecule has 5 heteroatoms. The number of hydrogen-bond donors (Lipinski definition) is 0. The summed E-state index contributed by atoms with van der Waals surface area (Å²) in [5, 5.41) is 0. The van der Waals surface area contributed by atoms with Gasteiger partial charge in [0.2, 0.25) is 0 Å². The molecule has 0 saturated carbocycles. The van der Waals surface area contributed by atoms with Crippen molar-refractivity contribution >= 4 is 0 Å². The molecule has 0 fully saturated rings. The molecule has 0 aliphatic rings. The Balaban J connectivity index is 1.89. The lowest BCUT2D eigenvalue weighted by Gasteiger charge is -2.07. The van der Waals surface area contributed by atoms with Crippen molar-refractivity contribution in [2.45, 2.75) is 12.8 Å². The zero-order chi connectivity index (χ0) is 21.0. The minimum atomic E-state index is -1.70. The summed E-state index contributed by atoms with van der Waals surface area (Å²) < 4.78 is 68.7. The van der Waals surface area contributed by atoms with E-state index >= 15 is 0 Å². The first-order chi connectivity index (χ1) is 13.9. The topological polar surface area (TPSA) is 0 Å². The third-order valence-electron chi connectivity index (χ3n) is 4.26. The lowest BCUT2D eigenvalue weighted by Crippen LogP contribution is -1.97. The normalized spacial score (nSPS) is 10.4. The monoisotopic (exact) mass is 398 g/mol. The van der Waals surface area contributed by atoms with Crippen LogP contribution in [0.5, 0.6) is 0 Å². The van der Waals surface area contributed by atoms with Crippen LogP contribution in [0.1, 0.15) is 23.1 Å². The first-order valence-electron chi connectivity index (χ1n) is 8.75. The fourth-order valence-corrected chi connectivity index (χ4v) is 2.79. The number of rotatable bonds is 4. The average Bonchev–Trinajstić information content (AvgIpc) is 2.69. The van der Waals surface area contributed by atoms with Gasteiger partial charge in [-0.15, -0.1) is 6.58 Å². The lowest BCUT2D eigenvalue weighted by molar-refractivity contribution is 0.447. The van der Waals surface area contributed by atoms with Gasteiger partial charge in [-0.25, -0.2) is 22.0 Å². The molecular weight excluding hydrogens is 383 g/mol. The predicted octanol–water partition coefficient (Wildman–Crippen LogP) is 6.57. The van der Waals surface area contributed by atoms with Gasteiger partial charge in [0.05, 0.1) is 5.56 Å². The zero-order valence-electron chi connectivity index (χ0n) is 15.2. The Kier molecular flexibility index (Phi) is 6.13. The molecule has 0 heterocycles. The molecule has 0 bridgehead atoms. The minimum absolute atomic E-state index is 0.0579. The van der Waals surface area contributed by atoms with Gasteiger partial charge >= 0.3 is 0 Å². The van der Waals surface area contributed by atoms with Crippen LogP contribution in [0.3, 0.4) is 0 Å². The van der Waals surface area contributed by atoms with Crippen molar-refractivity contribution in [3.63, 3.8) is 0 Å². The van der Waals surface area contributed by atoms with Gasteiger partial charge in [-0.1, -0.05) is 30.0 Å². The molecule has 146 valence electrons. The van der Waals surface area contributed by atoms with Gasteiger partial charge in [0.15, 0.2) is 17.5 Å². The number of halogens is 5. The summed E-state index contributed by atoms with van der Waals surface area (Å²) in [5.41, 5.74) is 0.754. The van der Waals surface area contributed by atoms with Gasteiger partial charge in [0.1, 0.15) is 11.6 Å². The number of benzene rings is 3. The molecule has 0 saturated heterocycles. The molecule has 0 radical (unpaired) electrons. The van der Waals surface area contributed by atoms with E-state index in [4.69, 9.17) is 0 Å². The Bertz CT molecular complexity index is 1070. The van der Waals surface area contributed by atoms with Crippen molar-refractivity contribution in [3.8, 4) is 23.0 Å². The summed E-state index contributed by atoms with van der Waals surface area (Å²) >= 11 is 0. The molecule has 29 heavy (non-hydrogen) atoms. The largest absolute Gasteiger partial charge is 0.206 e. The Morgan fingerprint density at radius 1 is 0.724 bits per heavy atom. The van der Waals surface area contributed by atoms with E-state index in [9.17, 15) is 22.0 Å². The molecule has 0 aliphatic carbocycles. The van der Waals surface area contributed by atoms with E-state index in [1.807, 2.05) is 18.2 Å². The van der Waals surface area contributed by atoms with E-state index in [-0.39, 0.29) is 5.56 Å². The summed E-state index contributed by atoms with van der Waals surface area (Å²) in [4.78, 5) is 0. The minimum Gasteiger partial charge on any atom is -0.206 e. The Morgan fingerprint density at radius 2 is 1.28 bits per heavy atom. The van der Waals surface area contributed by atoms with Crippen LogP contribution in [-0.4, -0.2) is 0 Å². The van der Waals surface area contributed by atoms with Gasteiger partial charge in [-0.3, -0.25) is 0 Å². The summed E-state index contributed by atoms with van der Waals surface area (Å²) in [6.07, 6.45) is 3.55. The summed E-state index contributed by atoms with van der Waals surface area (Å²) in [6, 6.07) is 10.4. The fraction of sp³-hybridized carbons (Fsp3) is 0.0833. The molecule has 0 nitrogen and oxygen atoms in total. The van der Waals surface area contributed by atoms with Crippen molar-refractivity contribution in [1.82, 2.24) is 0 Å². The van der Waals surface area contributed by atoms with E-state index in [0.717, 1.165) is 30.5 Å². The maximum atomic E-state index is 14.4. The SMILES string of the molecule is C=CCCc1ccc(C#Cc2cc(F)c(-c3cc(F)c(F)c(F)c3)c(F)c2)cc1. The summed E-state index contributed by atoms with van der Waals surface area (Å²) in [5.74, 6) is -1.40. The Labute approximate surface area is 165 Å². The van der Waals surface area contributed by atoms with Crippen molar-refractivity contribution in [1.29, 1.82) is 0 Å². The Hall–Kier alpha value is -3.39. The van der Waals surface area contributed by atoms with Crippen molar-refractivity contribution in [2.24, 2.45) is 0 Å². The first-order valence-corrected chi connectivity index (χ1v) is 8.75. The molecule has 3 rings (SSSR count). The van der Waals surface area contributed by atoms with Crippen molar-refractivity contribution < 1.29 is 22.0 Å². The van der Waals surface area contributed by atoms with Crippen molar-refractivity contribution in [3.05, 3.63) is 107 Å². The molecule has 0 amide bonds. The van der Waals surface area contributed by atoms with Crippen LogP contribution in [0.4, 0.5) is 22.0 Å². The highest BCUT2D eigenvalue weighted by atomic mass is 19.2. The van der Waals surface area contributed by atoms with E-state index in [0.29, 0.717) is 17.7 Å². The highest BCUT2D eigenvalue weighted by Gasteiger charge is 2.18. The lowest BCUT2D eigenvalue weighted by atomic mass is 10.0. The highest BCUT2D eigenvalue weighted by Crippen LogP contribution is 2.29. The standard InChI is InChI=1S/C24H15F5/c1-2-3-4-15-5-7-16(8-6-15)9-10-17-11-19(25)23(20(26)12-17)18-13-21(27)24(29)22(28)14-18/h2,5-8,11-14H,1,3-4H2. The first kappa shape index (κ1) is 20.3. The quantitative estimate of drug-likeness (QED) is 0.202. The smallest absolute Gasteiger partial charge is 0.194 e. The van der Waals surface area contributed by atoms with Gasteiger partial charge in [-0.05, 0) is 60.4 Å². The second-order valence-electron chi connectivity index (χ2n) is 6.34. The maximum Gasteiger partial charge on any atom is 0.194 e. The molecule has 0 aliphatic heterocycles. The fourth-order valence-electron chi connectivity index (χ4n) is 2.79. The van der Waals surface area contributed by atoms with Gasteiger partial charge < -0.3 is 0 Å². The highest BCUT2D eigenvalue weighted by molar-refractivity contribution is 5.66. The van der Waals surface area contributed by atoms with E-state index in [2.05, 4.69) is 18.4 Å². The predicted molar refractivity (Wildman–Crippen MR) is 103 cm³/mol. The molecule has 0 spiro atoms. The van der Waals surface area contributed by atoms with Crippen LogP contribution < -0.4 is 0 Å². The van der Waals surface area contributed by atoms with E-state index in [1.54, 1.807) is 12.1 Å². The molecule has 0 aromatic heterocycles. The van der Waals surface area contributed by atoms with Crippen LogP contribution in [0, 0.1) is 40.9 Å². The molecule has 0 N–H and O–H groups in total. The molecule has 3 aromatic rings. The number of hydrogen-bond acceptors (Lipinski definition) is 0. The molecule has 0 atom stereocenters. The van der Waals surface area contributed by atoms with Crippen LogP contribution >= 0.6 is 0 Å². The molecule has 0 unspecified atom stereocenters. The van der Waals surface area contributed by atoms with E-state index in [1.165, 1.54) is 0 Å². The molecule has 3 aromatic carbocycles. The zero-order valence-corrected chi connectivity index (χ0v) is 15.2. The third kappa shape index (κ3) is 4.72. The molecular formula is C24H15F5. The van der Waals surface area contributed by atoms with Crippen LogP contribution in [0.25, 0.3) is 11.1 Å². The number of aryl methyl sites for hydroxylation is 1. The van der Waals surface area contributed by atoms with E-state index < -0.39 is 40.2 Å². The Morgan fingerprint density at radius 3 is 1.83 bits per heavy atom. The van der Waals surface area contributed by atoms with Gasteiger partial charge in [0.25, 0.3) is 0 Å². The second kappa shape index (κ2) is 8.74. The third-order valence-corrected chi connectivity index (χ3v) is 4.26. The van der Waals surface area contributed by atoms with Gasteiger partial charge in [-0.2, -0.15) is 0 Å². The second-order valence-corrected chi connectivity index (χ2v) is 6.34. The van der Waals surface area contributed by atoms with Crippen molar-refractivity contribution in [2.75, 3.05) is 0 Å². The van der Waals surface area contributed by atoms with Crippen LogP contribution in [0.2, 0.25) is 0 Å². The number of allylic oxidation sites excluding steroid dienone is 1. The van der Waals surface area contributed by atoms with Crippen LogP contribution in [0.15, 0.2) is 61.2 Å². The summed E-state index contributed by atoms with van der Waals surface area (Å²) in [6.45, 7) is 3.67. The maximum absolute atomic E-state index is 14.4. The van der Waals surface area contributed by atoms with Gasteiger partial charge in [0, 0.05) is 11.1 Å². The average molecular weight is 398 g/mol. The van der Waals surface area contributed by atoms with Crippen LogP contribution in [-0.2, 0) is 6.42 Å².